The van der Waals surface area contributed by atoms with Gasteiger partial charge in [-0.25, -0.2) is 0 Å². The van der Waals surface area contributed by atoms with E-state index in [2.05, 4.69) is 68.1 Å². The third-order valence-electron chi connectivity index (χ3n) is 3.98. The van der Waals surface area contributed by atoms with Gasteiger partial charge in [-0.15, -0.1) is 6.58 Å². The van der Waals surface area contributed by atoms with Crippen LogP contribution in [0.2, 0.25) is 0 Å². The molecule has 1 aromatic rings. The second kappa shape index (κ2) is 2.98. The van der Waals surface area contributed by atoms with Gasteiger partial charge in [-0.05, 0) is 23.8 Å². The topological polar surface area (TPSA) is 0 Å². The molecule has 80 valence electrons. The highest BCUT2D eigenvalue weighted by molar-refractivity contribution is 5.65. The van der Waals surface area contributed by atoms with E-state index in [9.17, 15) is 0 Å². The molecular weight excluding hydrogens is 192 g/mol. The van der Waals surface area contributed by atoms with Crippen LogP contribution in [0.25, 0.3) is 12.2 Å². The first-order valence-corrected chi connectivity index (χ1v) is 5.84. The van der Waals surface area contributed by atoms with Crippen molar-refractivity contribution in [3.63, 3.8) is 0 Å². The van der Waals surface area contributed by atoms with Crippen LogP contribution in [0.5, 0.6) is 0 Å². The number of hydrogen-bond acceptors (Lipinski definition) is 0. The SMILES string of the molecule is C=CC12C=c3ccccc3=CC1(/C=C\C)C2. The van der Waals surface area contributed by atoms with Crippen molar-refractivity contribution in [2.24, 2.45) is 10.8 Å². The van der Waals surface area contributed by atoms with E-state index in [1.54, 1.807) is 0 Å². The maximum atomic E-state index is 4.01. The Balaban J connectivity index is 2.30. The maximum absolute atomic E-state index is 4.01. The molecule has 0 saturated heterocycles. The summed E-state index contributed by atoms with van der Waals surface area (Å²) in [4.78, 5) is 0. The molecule has 0 nitrogen and oxygen atoms in total. The van der Waals surface area contributed by atoms with E-state index in [4.69, 9.17) is 0 Å². The van der Waals surface area contributed by atoms with Crippen LogP contribution in [0, 0.1) is 10.8 Å². The molecule has 0 amide bonds. The van der Waals surface area contributed by atoms with Crippen LogP contribution in [0.4, 0.5) is 0 Å². The summed E-state index contributed by atoms with van der Waals surface area (Å²) in [6, 6.07) is 8.60. The van der Waals surface area contributed by atoms with Crippen LogP contribution >= 0.6 is 0 Å². The van der Waals surface area contributed by atoms with Gasteiger partial charge in [-0.1, -0.05) is 54.6 Å². The fourth-order valence-electron chi connectivity index (χ4n) is 3.02. The van der Waals surface area contributed by atoms with Crippen molar-refractivity contribution in [1.29, 1.82) is 0 Å². The van der Waals surface area contributed by atoms with Crippen LogP contribution < -0.4 is 10.4 Å². The molecule has 0 spiro atoms. The van der Waals surface area contributed by atoms with Crippen LogP contribution in [0.15, 0.2) is 49.1 Å². The molecule has 16 heavy (non-hydrogen) atoms. The standard InChI is InChI=1S/C16H16/c1-3-9-16-11-14-8-6-5-7-13(14)10-15(16,4-2)12-16/h3-11H,2,12H2,1H3/b9-3-. The van der Waals surface area contributed by atoms with E-state index in [0.717, 1.165) is 0 Å². The molecule has 1 saturated carbocycles. The summed E-state index contributed by atoms with van der Waals surface area (Å²) in [6.45, 7) is 6.11. The second-order valence-corrected chi connectivity index (χ2v) is 4.88. The fraction of sp³-hybridized carbons (Fsp3) is 0.250. The Morgan fingerprint density at radius 3 is 2.31 bits per heavy atom. The molecule has 0 heterocycles. The molecule has 0 aliphatic heterocycles. The highest BCUT2D eigenvalue weighted by Gasteiger charge is 2.61. The van der Waals surface area contributed by atoms with E-state index >= 15 is 0 Å². The molecule has 2 atom stereocenters. The molecule has 1 fully saturated rings. The minimum atomic E-state index is 0.174. The third-order valence-corrected chi connectivity index (χ3v) is 3.98. The van der Waals surface area contributed by atoms with E-state index in [1.807, 2.05) is 0 Å². The van der Waals surface area contributed by atoms with Crippen molar-refractivity contribution in [3.05, 3.63) is 59.5 Å². The lowest BCUT2D eigenvalue weighted by Crippen LogP contribution is -2.31. The van der Waals surface area contributed by atoms with E-state index in [0.29, 0.717) is 0 Å². The van der Waals surface area contributed by atoms with Gasteiger partial charge in [0.2, 0.25) is 0 Å². The van der Waals surface area contributed by atoms with Crippen LogP contribution in [0.1, 0.15) is 13.3 Å². The highest BCUT2D eigenvalue weighted by Crippen LogP contribution is 2.68. The first kappa shape index (κ1) is 9.65. The number of benzene rings is 1. The van der Waals surface area contributed by atoms with Gasteiger partial charge in [-0.3, -0.25) is 0 Å². The zero-order valence-electron chi connectivity index (χ0n) is 9.61. The first-order valence-electron chi connectivity index (χ1n) is 5.84. The molecule has 0 bridgehead atoms. The van der Waals surface area contributed by atoms with Gasteiger partial charge < -0.3 is 0 Å². The van der Waals surface area contributed by atoms with Crippen molar-refractivity contribution < 1.29 is 0 Å². The summed E-state index contributed by atoms with van der Waals surface area (Å²) in [5.74, 6) is 0. The van der Waals surface area contributed by atoms with Crippen LogP contribution in [-0.2, 0) is 0 Å². The predicted octanol–water partition coefficient (Wildman–Crippen LogP) is 2.40. The molecule has 2 unspecified atom stereocenters. The van der Waals surface area contributed by atoms with Crippen molar-refractivity contribution >= 4 is 12.2 Å². The van der Waals surface area contributed by atoms with Crippen LogP contribution in [0.3, 0.4) is 0 Å². The lowest BCUT2D eigenvalue weighted by molar-refractivity contribution is 0.732. The smallest absolute Gasteiger partial charge is 0.0208 e. The van der Waals surface area contributed by atoms with Crippen molar-refractivity contribution in [2.75, 3.05) is 0 Å². The Morgan fingerprint density at radius 2 is 1.75 bits per heavy atom. The van der Waals surface area contributed by atoms with Gasteiger partial charge in [0.25, 0.3) is 0 Å². The Kier molecular flexibility index (Phi) is 1.79. The number of allylic oxidation sites excluding steroid dienone is 3. The zero-order chi connectivity index (χ0) is 11.2. The lowest BCUT2D eigenvalue weighted by atomic mass is 9.86. The quantitative estimate of drug-likeness (QED) is 0.655. The first-order chi connectivity index (χ1) is 7.75. The van der Waals surface area contributed by atoms with E-state index in [1.165, 1.54) is 16.9 Å². The van der Waals surface area contributed by atoms with E-state index in [-0.39, 0.29) is 10.8 Å². The van der Waals surface area contributed by atoms with Crippen molar-refractivity contribution in [1.82, 2.24) is 0 Å². The Labute approximate surface area is 96.3 Å². The number of hydrogen-bond donors (Lipinski definition) is 0. The number of rotatable bonds is 2. The minimum absolute atomic E-state index is 0.174. The normalized spacial score (nSPS) is 34.6. The summed E-state index contributed by atoms with van der Waals surface area (Å²) in [5, 5.41) is 2.70. The molecule has 0 heteroatoms. The van der Waals surface area contributed by atoms with Gasteiger partial charge in [0.15, 0.2) is 0 Å². The largest absolute Gasteiger partial charge is 0.102 e. The van der Waals surface area contributed by atoms with E-state index < -0.39 is 0 Å². The number of fused-ring (bicyclic) bond motifs is 2. The molecule has 2 aliphatic rings. The highest BCUT2D eigenvalue weighted by atomic mass is 14.6. The summed E-state index contributed by atoms with van der Waals surface area (Å²) in [6.07, 6.45) is 12.5. The fourth-order valence-corrected chi connectivity index (χ4v) is 3.02. The van der Waals surface area contributed by atoms with Crippen LogP contribution in [-0.4, -0.2) is 0 Å². The van der Waals surface area contributed by atoms with Gasteiger partial charge >= 0.3 is 0 Å². The predicted molar refractivity (Wildman–Crippen MR) is 69.1 cm³/mol. The van der Waals surface area contributed by atoms with Crippen molar-refractivity contribution in [3.8, 4) is 0 Å². The monoisotopic (exact) mass is 208 g/mol. The zero-order valence-corrected chi connectivity index (χ0v) is 9.61. The summed E-state index contributed by atoms with van der Waals surface area (Å²) in [7, 11) is 0. The van der Waals surface area contributed by atoms with Gasteiger partial charge in [0, 0.05) is 10.8 Å². The van der Waals surface area contributed by atoms with Gasteiger partial charge in [0.05, 0.1) is 0 Å². The molecule has 0 radical (unpaired) electrons. The summed E-state index contributed by atoms with van der Waals surface area (Å²) < 4.78 is 0. The van der Waals surface area contributed by atoms with Crippen molar-refractivity contribution in [2.45, 2.75) is 13.3 Å². The molecule has 3 rings (SSSR count). The molecule has 0 N–H and O–H groups in total. The van der Waals surface area contributed by atoms with Gasteiger partial charge in [0.1, 0.15) is 0 Å². The molecule has 0 aromatic heterocycles. The molecule has 2 aliphatic carbocycles. The summed E-state index contributed by atoms with van der Waals surface area (Å²) >= 11 is 0. The Morgan fingerprint density at radius 1 is 1.12 bits per heavy atom. The Hall–Kier alpha value is -1.56. The molecular formula is C16H16. The summed E-state index contributed by atoms with van der Waals surface area (Å²) in [5.41, 5.74) is 0.381. The maximum Gasteiger partial charge on any atom is 0.0208 e. The average Bonchev–Trinajstić information content (AvgIpc) is 2.94. The lowest BCUT2D eigenvalue weighted by Gasteiger charge is -2.17. The minimum Gasteiger partial charge on any atom is -0.102 e. The van der Waals surface area contributed by atoms with Gasteiger partial charge in [-0.2, -0.15) is 0 Å². The Bertz CT molecular complexity index is 591. The second-order valence-electron chi connectivity index (χ2n) is 4.88. The molecule has 1 aromatic carbocycles. The average molecular weight is 208 g/mol. The third kappa shape index (κ3) is 1.05.